The van der Waals surface area contributed by atoms with Gasteiger partial charge in [-0.05, 0) is 103 Å². The Kier molecular flexibility index (Phi) is 7.74. The lowest BCUT2D eigenvalue weighted by atomic mass is 9.50. The van der Waals surface area contributed by atoms with E-state index in [0.717, 1.165) is 33.5 Å². The number of alkyl halides is 5. The third kappa shape index (κ3) is 5.00. The Balaban J connectivity index is 1.34. The summed E-state index contributed by atoms with van der Waals surface area (Å²) in [6.07, 6.45) is -2.85. The maximum atomic E-state index is 15.2. The van der Waals surface area contributed by atoms with Crippen LogP contribution >= 0.6 is 0 Å². The molecule has 2 N–H and O–H groups in total. The molecule has 0 bridgehead atoms. The van der Waals surface area contributed by atoms with Gasteiger partial charge in [0.1, 0.15) is 5.60 Å². The molecular formula is C35H36F5NO4. The van der Waals surface area contributed by atoms with Gasteiger partial charge in [0.2, 0.25) is 0 Å². The highest BCUT2D eigenvalue weighted by Crippen LogP contribution is 2.70. The number of methoxy groups -OCH3 is 1. The highest BCUT2D eigenvalue weighted by atomic mass is 19.4. The van der Waals surface area contributed by atoms with Crippen molar-refractivity contribution in [3.05, 3.63) is 88.0 Å². The van der Waals surface area contributed by atoms with E-state index in [9.17, 15) is 27.9 Å². The van der Waals surface area contributed by atoms with Crippen molar-refractivity contribution in [2.45, 2.75) is 82.0 Å². The van der Waals surface area contributed by atoms with Crippen LogP contribution in [0, 0.1) is 17.3 Å². The van der Waals surface area contributed by atoms with Crippen molar-refractivity contribution in [2.75, 3.05) is 12.4 Å². The summed E-state index contributed by atoms with van der Waals surface area (Å²) in [6.45, 7) is 1.88. The van der Waals surface area contributed by atoms with Crippen molar-refractivity contribution < 1.29 is 41.4 Å². The van der Waals surface area contributed by atoms with Gasteiger partial charge in [0.25, 0.3) is 0 Å². The van der Waals surface area contributed by atoms with E-state index in [0.29, 0.717) is 37.8 Å². The third-order valence-electron chi connectivity index (χ3n) is 10.9. The lowest BCUT2D eigenvalue weighted by Crippen LogP contribution is -2.65. The minimum absolute atomic E-state index is 0.0434. The van der Waals surface area contributed by atoms with Crippen LogP contribution in [-0.2, 0) is 16.1 Å². The number of carbonyl (C=O) groups excluding carboxylic acids is 2. The maximum absolute atomic E-state index is 15.2. The molecule has 10 heteroatoms. The van der Waals surface area contributed by atoms with Crippen LogP contribution in [0.3, 0.4) is 0 Å². The molecule has 6 rings (SSSR count). The van der Waals surface area contributed by atoms with Crippen LogP contribution in [-0.4, -0.2) is 41.7 Å². The van der Waals surface area contributed by atoms with Crippen molar-refractivity contribution in [1.82, 2.24) is 0 Å². The van der Waals surface area contributed by atoms with Gasteiger partial charge in [-0.15, -0.1) is 0 Å². The molecule has 2 unspecified atom stereocenters. The summed E-state index contributed by atoms with van der Waals surface area (Å²) >= 11 is 0. The lowest BCUT2D eigenvalue weighted by Gasteiger charge is -2.56. The Morgan fingerprint density at radius 2 is 1.69 bits per heavy atom. The average Bonchev–Trinajstić information content (AvgIpc) is 3.30. The van der Waals surface area contributed by atoms with Gasteiger partial charge < -0.3 is 15.2 Å². The molecule has 0 aliphatic heterocycles. The minimum atomic E-state index is -5.88. The zero-order valence-corrected chi connectivity index (χ0v) is 25.1. The summed E-state index contributed by atoms with van der Waals surface area (Å²) < 4.78 is 76.5. The second-order valence-corrected chi connectivity index (χ2v) is 13.1. The standard InChI is InChI=1S/C35H36F5NO4/c1-32-18-28(21-5-3-20(4-6-21)19-41-24-10-7-22(8-11-24)31(43)45-2)30-26-14-12-25(42)17-23(26)9-13-27(30)29(32)15-16-33(32,44)34(36,37)35(38,39)40/h3-8,10-11,17,27-29,41,44H,9,12-16,18-19H2,1-2H3/t27?,28-,29?,32+,33+/m1/s1. The molecule has 0 radical (unpaired) electrons. The second-order valence-electron chi connectivity index (χ2n) is 13.1. The first-order valence-electron chi connectivity index (χ1n) is 15.3. The Hall–Kier alpha value is -3.53. The molecule has 45 heavy (non-hydrogen) atoms. The predicted octanol–water partition coefficient (Wildman–Crippen LogP) is 7.91. The van der Waals surface area contributed by atoms with Crippen LogP contribution in [0.15, 0.2) is 71.3 Å². The maximum Gasteiger partial charge on any atom is 0.456 e. The summed E-state index contributed by atoms with van der Waals surface area (Å²) in [6, 6.07) is 14.4. The van der Waals surface area contributed by atoms with Crippen molar-refractivity contribution in [2.24, 2.45) is 17.3 Å². The van der Waals surface area contributed by atoms with Crippen molar-refractivity contribution in [1.29, 1.82) is 0 Å². The van der Waals surface area contributed by atoms with E-state index in [1.54, 1.807) is 30.3 Å². The van der Waals surface area contributed by atoms with E-state index in [4.69, 9.17) is 4.74 Å². The normalized spacial score (nSPS) is 29.8. The van der Waals surface area contributed by atoms with Crippen molar-refractivity contribution >= 4 is 17.4 Å². The number of allylic oxidation sites excluding steroid dienone is 4. The highest BCUT2D eigenvalue weighted by molar-refractivity contribution is 5.93. The van der Waals surface area contributed by atoms with Gasteiger partial charge in [0, 0.05) is 30.0 Å². The number of anilines is 1. The largest absolute Gasteiger partial charge is 0.465 e. The zero-order chi connectivity index (χ0) is 32.4. The number of carbonyl (C=O) groups is 2. The number of benzene rings is 2. The van der Waals surface area contributed by atoms with Gasteiger partial charge in [0.05, 0.1) is 12.7 Å². The minimum Gasteiger partial charge on any atom is -0.465 e. The fourth-order valence-corrected chi connectivity index (χ4v) is 8.63. The predicted molar refractivity (Wildman–Crippen MR) is 158 cm³/mol. The SMILES string of the molecule is COC(=O)c1ccc(NCc2ccc([C@H]3C[C@@]4(C)C(CC[C@@]4(O)C(F)(F)C(F)(F)F)C4CCC5=CC(=O)CCC5=C43)cc2)cc1. The average molecular weight is 630 g/mol. The van der Waals surface area contributed by atoms with Crippen LogP contribution in [0.5, 0.6) is 0 Å². The highest BCUT2D eigenvalue weighted by Gasteiger charge is 2.79. The van der Waals surface area contributed by atoms with Crippen LogP contribution in [0.2, 0.25) is 0 Å². The topological polar surface area (TPSA) is 75.6 Å². The van der Waals surface area contributed by atoms with Gasteiger partial charge in [-0.2, -0.15) is 22.0 Å². The van der Waals surface area contributed by atoms with E-state index in [1.165, 1.54) is 14.0 Å². The van der Waals surface area contributed by atoms with Gasteiger partial charge in [-0.25, -0.2) is 4.79 Å². The molecule has 2 fully saturated rings. The molecule has 0 amide bonds. The Labute approximate surface area is 258 Å². The molecule has 4 aliphatic rings. The molecule has 2 aromatic carbocycles. The van der Waals surface area contributed by atoms with E-state index in [2.05, 4.69) is 5.32 Å². The van der Waals surface area contributed by atoms with E-state index in [-0.39, 0.29) is 24.5 Å². The first kappa shape index (κ1) is 31.5. The fraction of sp³-hybridized carbons (Fsp3) is 0.486. The van der Waals surface area contributed by atoms with Crippen LogP contribution in [0.1, 0.15) is 79.3 Å². The fourth-order valence-electron chi connectivity index (χ4n) is 8.63. The smallest absolute Gasteiger partial charge is 0.456 e. The Morgan fingerprint density at radius 3 is 2.33 bits per heavy atom. The number of esters is 1. The third-order valence-corrected chi connectivity index (χ3v) is 10.9. The van der Waals surface area contributed by atoms with Crippen LogP contribution in [0.4, 0.5) is 27.6 Å². The van der Waals surface area contributed by atoms with Crippen LogP contribution in [0.25, 0.3) is 0 Å². The van der Waals surface area contributed by atoms with E-state index >= 15 is 8.78 Å². The molecule has 0 spiro atoms. The Morgan fingerprint density at radius 1 is 1.00 bits per heavy atom. The summed E-state index contributed by atoms with van der Waals surface area (Å²) in [7, 11) is 1.31. The molecule has 4 aliphatic carbocycles. The van der Waals surface area contributed by atoms with Gasteiger partial charge in [-0.3, -0.25) is 4.79 Å². The lowest BCUT2D eigenvalue weighted by molar-refractivity contribution is -0.362. The Bertz CT molecular complexity index is 1560. The summed E-state index contributed by atoms with van der Waals surface area (Å²) in [4.78, 5) is 24.0. The zero-order valence-electron chi connectivity index (χ0n) is 25.1. The molecule has 2 aromatic rings. The number of fused-ring (bicyclic) bond motifs is 4. The van der Waals surface area contributed by atoms with Gasteiger partial charge in [-0.1, -0.05) is 36.8 Å². The molecule has 0 heterocycles. The number of ether oxygens (including phenoxy) is 1. The molecule has 5 nitrogen and oxygen atoms in total. The molecule has 0 aromatic heterocycles. The summed E-state index contributed by atoms with van der Waals surface area (Å²) in [5.41, 5.74) is 1.02. The number of ketones is 1. The molecule has 0 saturated heterocycles. The van der Waals surface area contributed by atoms with Crippen LogP contribution < -0.4 is 5.32 Å². The number of nitrogens with one attached hydrogen (secondary N) is 1. The summed E-state index contributed by atoms with van der Waals surface area (Å²) in [5.74, 6) is -6.94. The monoisotopic (exact) mass is 629 g/mol. The number of rotatable bonds is 6. The number of hydrogen-bond acceptors (Lipinski definition) is 5. The van der Waals surface area contributed by atoms with E-state index < -0.39 is 47.3 Å². The summed E-state index contributed by atoms with van der Waals surface area (Å²) in [5, 5.41) is 14.7. The van der Waals surface area contributed by atoms with Crippen molar-refractivity contribution in [3.63, 3.8) is 0 Å². The molecular weight excluding hydrogens is 593 g/mol. The van der Waals surface area contributed by atoms with Gasteiger partial charge in [0.15, 0.2) is 5.78 Å². The number of hydrogen-bond donors (Lipinski definition) is 2. The molecule has 5 atom stereocenters. The number of halogens is 5. The quantitative estimate of drug-likeness (QED) is 0.251. The second kappa shape index (κ2) is 11.1. The molecule has 2 saturated carbocycles. The van der Waals surface area contributed by atoms with Crippen molar-refractivity contribution in [3.8, 4) is 0 Å². The first-order valence-corrected chi connectivity index (χ1v) is 15.3. The van der Waals surface area contributed by atoms with E-state index in [1.807, 2.05) is 24.3 Å². The first-order chi connectivity index (χ1) is 21.2. The molecule has 240 valence electrons. The van der Waals surface area contributed by atoms with Gasteiger partial charge >= 0.3 is 18.1 Å². The number of aliphatic hydroxyl groups is 1.